The fourth-order valence-electron chi connectivity index (χ4n) is 3.77. The third-order valence-electron chi connectivity index (χ3n) is 5.20. The lowest BCUT2D eigenvalue weighted by atomic mass is 10.1. The molecule has 6 nitrogen and oxygen atoms in total. The molecule has 0 unspecified atom stereocenters. The number of rotatable bonds is 6. The smallest absolute Gasteiger partial charge is 0.215 e. The van der Waals surface area contributed by atoms with E-state index in [4.69, 9.17) is 0 Å². The number of hydrogen-bond donors (Lipinski definition) is 0. The van der Waals surface area contributed by atoms with Gasteiger partial charge in [0.1, 0.15) is 5.69 Å². The quantitative estimate of drug-likeness (QED) is 0.721. The van der Waals surface area contributed by atoms with Gasteiger partial charge >= 0.3 is 0 Å². The Labute approximate surface area is 167 Å². The molecule has 0 atom stereocenters. The SMILES string of the molecule is Cc1cc(N2CCCCC2)c(N(C)Cc2ccccc2C#N)c(N(C)C=O)n1. The highest BCUT2D eigenvalue weighted by Gasteiger charge is 2.24. The maximum absolute atomic E-state index is 11.5. The van der Waals surface area contributed by atoms with Crippen LogP contribution in [0.4, 0.5) is 17.2 Å². The number of nitrogens with zero attached hydrogens (tertiary/aromatic N) is 5. The van der Waals surface area contributed by atoms with Gasteiger partial charge in [-0.25, -0.2) is 4.98 Å². The molecule has 3 rings (SSSR count). The first-order chi connectivity index (χ1) is 13.5. The lowest BCUT2D eigenvalue weighted by Gasteiger charge is -2.35. The van der Waals surface area contributed by atoms with E-state index in [1.165, 1.54) is 24.2 Å². The second-order valence-corrected chi connectivity index (χ2v) is 7.34. The summed E-state index contributed by atoms with van der Waals surface area (Å²) in [7, 11) is 3.73. The van der Waals surface area contributed by atoms with Gasteiger partial charge in [-0.3, -0.25) is 4.79 Å². The van der Waals surface area contributed by atoms with E-state index >= 15 is 0 Å². The van der Waals surface area contributed by atoms with Gasteiger partial charge in [-0.2, -0.15) is 5.26 Å². The minimum Gasteiger partial charge on any atom is -0.370 e. The van der Waals surface area contributed by atoms with Crippen molar-refractivity contribution in [3.63, 3.8) is 0 Å². The number of aromatic nitrogens is 1. The Kier molecular flexibility index (Phi) is 6.15. The summed E-state index contributed by atoms with van der Waals surface area (Å²) in [6.07, 6.45) is 4.38. The summed E-state index contributed by atoms with van der Waals surface area (Å²) < 4.78 is 0. The van der Waals surface area contributed by atoms with E-state index in [0.29, 0.717) is 17.9 Å². The number of carbonyl (C=O) groups is 1. The summed E-state index contributed by atoms with van der Waals surface area (Å²) in [6.45, 7) is 4.53. The molecule has 28 heavy (non-hydrogen) atoms. The number of aryl methyl sites for hydroxylation is 1. The Balaban J connectivity index is 2.07. The van der Waals surface area contributed by atoms with Crippen LogP contribution in [0.2, 0.25) is 0 Å². The number of amides is 1. The molecule has 2 heterocycles. The summed E-state index contributed by atoms with van der Waals surface area (Å²) in [6, 6.07) is 12.0. The highest BCUT2D eigenvalue weighted by molar-refractivity contribution is 5.88. The summed E-state index contributed by atoms with van der Waals surface area (Å²) in [5.41, 5.74) is 4.54. The largest absolute Gasteiger partial charge is 0.370 e. The van der Waals surface area contributed by atoms with Gasteiger partial charge in [0, 0.05) is 39.4 Å². The molecule has 146 valence electrons. The van der Waals surface area contributed by atoms with Gasteiger partial charge in [-0.05, 0) is 43.9 Å². The van der Waals surface area contributed by atoms with Crippen LogP contribution < -0.4 is 14.7 Å². The number of carbonyl (C=O) groups excluding carboxylic acids is 1. The molecule has 1 aromatic heterocycles. The molecular formula is C22H27N5O. The molecule has 0 spiro atoms. The van der Waals surface area contributed by atoms with E-state index in [-0.39, 0.29) is 0 Å². The monoisotopic (exact) mass is 377 g/mol. The zero-order valence-electron chi connectivity index (χ0n) is 16.9. The molecule has 1 aliphatic heterocycles. The van der Waals surface area contributed by atoms with Gasteiger partial charge < -0.3 is 14.7 Å². The number of nitriles is 1. The number of piperidine rings is 1. The van der Waals surface area contributed by atoms with Crippen molar-refractivity contribution in [2.24, 2.45) is 0 Å². The van der Waals surface area contributed by atoms with E-state index in [1.807, 2.05) is 38.2 Å². The first kappa shape index (κ1) is 19.7. The Morgan fingerprint density at radius 1 is 1.21 bits per heavy atom. The van der Waals surface area contributed by atoms with Gasteiger partial charge in [-0.15, -0.1) is 0 Å². The van der Waals surface area contributed by atoms with Crippen molar-refractivity contribution in [3.8, 4) is 6.07 Å². The number of hydrogen-bond acceptors (Lipinski definition) is 5. The Morgan fingerprint density at radius 3 is 2.61 bits per heavy atom. The Hall–Kier alpha value is -3.07. The topological polar surface area (TPSA) is 63.5 Å². The molecule has 1 aliphatic rings. The first-order valence-corrected chi connectivity index (χ1v) is 9.69. The number of pyridine rings is 1. The fraction of sp³-hybridized carbons (Fsp3) is 0.409. The Morgan fingerprint density at radius 2 is 1.93 bits per heavy atom. The standard InChI is InChI=1S/C22H27N5O/c1-17-13-20(27-11-7-4-8-12-27)21(22(24-17)26(3)16-28)25(2)15-19-10-6-5-9-18(19)14-23/h5-6,9-10,13,16H,4,7-8,11-12,15H2,1-3H3. The molecule has 0 bridgehead atoms. The van der Waals surface area contributed by atoms with E-state index in [0.717, 1.165) is 42.1 Å². The van der Waals surface area contributed by atoms with Crippen LogP contribution in [0, 0.1) is 18.3 Å². The van der Waals surface area contributed by atoms with Crippen LogP contribution in [0.25, 0.3) is 0 Å². The summed E-state index contributed by atoms with van der Waals surface area (Å²) in [5.74, 6) is 0.646. The maximum atomic E-state index is 11.5. The molecule has 1 amide bonds. The fourth-order valence-corrected chi connectivity index (χ4v) is 3.77. The highest BCUT2D eigenvalue weighted by Crippen LogP contribution is 2.39. The predicted molar refractivity (Wildman–Crippen MR) is 113 cm³/mol. The molecule has 0 saturated carbocycles. The maximum Gasteiger partial charge on any atom is 0.215 e. The molecule has 2 aromatic rings. The zero-order chi connectivity index (χ0) is 20.1. The molecule has 1 aromatic carbocycles. The second-order valence-electron chi connectivity index (χ2n) is 7.34. The van der Waals surface area contributed by atoms with Crippen LogP contribution in [0.3, 0.4) is 0 Å². The molecule has 0 N–H and O–H groups in total. The third-order valence-corrected chi connectivity index (χ3v) is 5.20. The summed E-state index contributed by atoms with van der Waals surface area (Å²) in [4.78, 5) is 22.2. The second kappa shape index (κ2) is 8.75. The lowest BCUT2D eigenvalue weighted by Crippen LogP contribution is -2.33. The van der Waals surface area contributed by atoms with Crippen LogP contribution in [-0.4, -0.2) is 38.6 Å². The van der Waals surface area contributed by atoms with Crippen LogP contribution in [-0.2, 0) is 11.3 Å². The molecule has 0 aliphatic carbocycles. The lowest BCUT2D eigenvalue weighted by molar-refractivity contribution is -0.107. The molecule has 0 radical (unpaired) electrons. The van der Waals surface area contributed by atoms with E-state index < -0.39 is 0 Å². The van der Waals surface area contributed by atoms with Crippen molar-refractivity contribution in [3.05, 3.63) is 47.2 Å². The zero-order valence-corrected chi connectivity index (χ0v) is 16.9. The van der Waals surface area contributed by atoms with Crippen molar-refractivity contribution >= 4 is 23.6 Å². The van der Waals surface area contributed by atoms with E-state index in [2.05, 4.69) is 26.9 Å². The average Bonchev–Trinajstić information content (AvgIpc) is 2.73. The predicted octanol–water partition coefficient (Wildman–Crippen LogP) is 3.48. The van der Waals surface area contributed by atoms with E-state index in [1.54, 1.807) is 7.05 Å². The average molecular weight is 377 g/mol. The van der Waals surface area contributed by atoms with Gasteiger partial charge in [0.15, 0.2) is 5.82 Å². The van der Waals surface area contributed by atoms with Crippen LogP contribution >= 0.6 is 0 Å². The van der Waals surface area contributed by atoms with Gasteiger partial charge in [-0.1, -0.05) is 18.2 Å². The van der Waals surface area contributed by atoms with Gasteiger partial charge in [0.2, 0.25) is 6.41 Å². The van der Waals surface area contributed by atoms with E-state index in [9.17, 15) is 10.1 Å². The van der Waals surface area contributed by atoms with Crippen molar-refractivity contribution in [2.45, 2.75) is 32.7 Å². The minimum atomic E-state index is 0.564. The molecular weight excluding hydrogens is 350 g/mol. The Bertz CT molecular complexity index is 883. The van der Waals surface area contributed by atoms with Crippen molar-refractivity contribution in [2.75, 3.05) is 41.9 Å². The highest BCUT2D eigenvalue weighted by atomic mass is 16.1. The van der Waals surface area contributed by atoms with Crippen LogP contribution in [0.1, 0.15) is 36.1 Å². The van der Waals surface area contributed by atoms with Gasteiger partial charge in [0.05, 0.1) is 17.3 Å². The van der Waals surface area contributed by atoms with Crippen LogP contribution in [0.5, 0.6) is 0 Å². The molecule has 1 saturated heterocycles. The molecule has 6 heteroatoms. The summed E-state index contributed by atoms with van der Waals surface area (Å²) >= 11 is 0. The van der Waals surface area contributed by atoms with Crippen molar-refractivity contribution in [1.82, 2.24) is 4.98 Å². The summed E-state index contributed by atoms with van der Waals surface area (Å²) in [5, 5.41) is 9.43. The number of anilines is 3. The first-order valence-electron chi connectivity index (χ1n) is 9.69. The molecule has 1 fully saturated rings. The third kappa shape index (κ3) is 4.09. The van der Waals surface area contributed by atoms with Crippen molar-refractivity contribution < 1.29 is 4.79 Å². The normalized spacial score (nSPS) is 13.7. The van der Waals surface area contributed by atoms with Crippen molar-refractivity contribution in [1.29, 1.82) is 5.26 Å². The van der Waals surface area contributed by atoms with Gasteiger partial charge in [0.25, 0.3) is 0 Å². The number of benzene rings is 1. The van der Waals surface area contributed by atoms with Crippen LogP contribution in [0.15, 0.2) is 30.3 Å². The minimum absolute atomic E-state index is 0.564.